The first-order valence-corrected chi connectivity index (χ1v) is 9.15. The molecule has 3 nitrogen and oxygen atoms in total. The minimum Gasteiger partial charge on any atom is -0.333 e. The van der Waals surface area contributed by atoms with Gasteiger partial charge in [-0.3, -0.25) is 4.79 Å². The number of hydrogen-bond donors (Lipinski definition) is 1. The molecule has 0 bridgehead atoms. The number of carbonyl (C=O) groups excluding carboxylic acids is 1. The second kappa shape index (κ2) is 6.49. The number of rotatable bonds is 2. The highest BCUT2D eigenvalue weighted by atomic mass is 32.1. The number of likely N-dealkylation sites (tertiary alicyclic amines) is 1. The molecule has 2 N–H and O–H groups in total. The number of carbonyl (C=O) groups is 1. The number of nitrogens with two attached hydrogens (primary N) is 1. The third-order valence-electron chi connectivity index (χ3n) is 5.08. The number of piperidine rings is 1. The highest BCUT2D eigenvalue weighted by molar-refractivity contribution is 7.14. The molecular formula is C17H26N2OS. The highest BCUT2D eigenvalue weighted by Gasteiger charge is 2.32. The fourth-order valence-electron chi connectivity index (χ4n) is 3.78. The van der Waals surface area contributed by atoms with Gasteiger partial charge in [-0.15, -0.1) is 11.3 Å². The number of nitrogens with zero attached hydrogens (tertiary/aromatic N) is 1. The summed E-state index contributed by atoms with van der Waals surface area (Å²) in [6.07, 6.45) is 8.46. The molecule has 2 aliphatic rings. The molecule has 1 aromatic heterocycles. The van der Waals surface area contributed by atoms with Crippen molar-refractivity contribution in [2.45, 2.75) is 57.9 Å². The molecule has 2 unspecified atom stereocenters. The summed E-state index contributed by atoms with van der Waals surface area (Å²) in [5.41, 5.74) is 7.35. The Morgan fingerprint density at radius 1 is 1.33 bits per heavy atom. The predicted molar refractivity (Wildman–Crippen MR) is 87.9 cm³/mol. The van der Waals surface area contributed by atoms with Crippen LogP contribution in [0.25, 0.3) is 0 Å². The summed E-state index contributed by atoms with van der Waals surface area (Å²) >= 11 is 1.73. The summed E-state index contributed by atoms with van der Waals surface area (Å²) < 4.78 is 0. The van der Waals surface area contributed by atoms with Crippen molar-refractivity contribution >= 4 is 17.2 Å². The Labute approximate surface area is 131 Å². The van der Waals surface area contributed by atoms with Crippen LogP contribution in [0.4, 0.5) is 0 Å². The lowest BCUT2D eigenvalue weighted by atomic mass is 9.90. The lowest BCUT2D eigenvalue weighted by Gasteiger charge is -2.39. The molecule has 2 heterocycles. The summed E-state index contributed by atoms with van der Waals surface area (Å²) in [5, 5.41) is 0. The summed E-state index contributed by atoms with van der Waals surface area (Å²) in [7, 11) is 0. The van der Waals surface area contributed by atoms with Gasteiger partial charge in [-0.1, -0.05) is 13.3 Å². The first kappa shape index (κ1) is 15.0. The van der Waals surface area contributed by atoms with Crippen LogP contribution in [0.15, 0.2) is 6.07 Å². The average Bonchev–Trinajstić information content (AvgIpc) is 2.77. The molecule has 116 valence electrons. The van der Waals surface area contributed by atoms with Gasteiger partial charge in [0.05, 0.1) is 4.88 Å². The monoisotopic (exact) mass is 306 g/mol. The standard InChI is InChI=1S/C17H26N2OS/c1-12-6-5-9-19(14(12)11-18)17(20)16-10-13-7-3-2-4-8-15(13)21-16/h10,12,14H,2-9,11,18H2,1H3. The summed E-state index contributed by atoms with van der Waals surface area (Å²) in [6, 6.07) is 2.38. The predicted octanol–water partition coefficient (Wildman–Crippen LogP) is 3.22. The van der Waals surface area contributed by atoms with Crippen LogP contribution in [-0.4, -0.2) is 29.9 Å². The van der Waals surface area contributed by atoms with Gasteiger partial charge >= 0.3 is 0 Å². The van der Waals surface area contributed by atoms with Crippen LogP contribution in [0.2, 0.25) is 0 Å². The Kier molecular flexibility index (Phi) is 4.65. The molecule has 1 aromatic rings. The number of fused-ring (bicyclic) bond motifs is 1. The van der Waals surface area contributed by atoms with Crippen LogP contribution in [0, 0.1) is 5.92 Å². The molecule has 0 spiro atoms. The van der Waals surface area contributed by atoms with Gasteiger partial charge in [0.2, 0.25) is 0 Å². The van der Waals surface area contributed by atoms with E-state index in [0.717, 1.165) is 30.7 Å². The van der Waals surface area contributed by atoms with Crippen molar-refractivity contribution in [2.24, 2.45) is 11.7 Å². The number of hydrogen-bond acceptors (Lipinski definition) is 3. The molecular weight excluding hydrogens is 280 g/mol. The second-order valence-electron chi connectivity index (χ2n) is 6.54. The fraction of sp³-hybridized carbons (Fsp3) is 0.706. The van der Waals surface area contributed by atoms with Gasteiger partial charge in [0, 0.05) is 24.0 Å². The lowest BCUT2D eigenvalue weighted by Crippen LogP contribution is -2.51. The zero-order valence-electron chi connectivity index (χ0n) is 12.9. The SMILES string of the molecule is CC1CCCN(C(=O)c2cc3c(s2)CCCCC3)C1CN. The normalized spacial score (nSPS) is 26.3. The van der Waals surface area contributed by atoms with E-state index in [9.17, 15) is 4.79 Å². The first-order valence-electron chi connectivity index (χ1n) is 8.33. The van der Waals surface area contributed by atoms with E-state index in [4.69, 9.17) is 5.73 Å². The van der Waals surface area contributed by atoms with Crippen LogP contribution >= 0.6 is 11.3 Å². The molecule has 0 radical (unpaired) electrons. The Balaban J connectivity index is 1.81. The third-order valence-corrected chi connectivity index (χ3v) is 6.30. The van der Waals surface area contributed by atoms with Gasteiger partial charge in [-0.2, -0.15) is 0 Å². The number of amides is 1. The smallest absolute Gasteiger partial charge is 0.264 e. The summed E-state index contributed by atoms with van der Waals surface area (Å²) in [6.45, 7) is 3.67. The maximum absolute atomic E-state index is 12.9. The fourth-order valence-corrected chi connectivity index (χ4v) is 4.98. The molecule has 1 saturated heterocycles. The van der Waals surface area contributed by atoms with Gasteiger partial charge in [0.1, 0.15) is 0 Å². The van der Waals surface area contributed by atoms with E-state index in [1.54, 1.807) is 11.3 Å². The topological polar surface area (TPSA) is 46.3 Å². The van der Waals surface area contributed by atoms with Crippen LogP contribution < -0.4 is 5.73 Å². The minimum atomic E-state index is 0.216. The van der Waals surface area contributed by atoms with Crippen LogP contribution in [-0.2, 0) is 12.8 Å². The molecule has 3 rings (SSSR count). The maximum Gasteiger partial charge on any atom is 0.264 e. The molecule has 0 aromatic carbocycles. The number of aryl methyl sites for hydroxylation is 2. The quantitative estimate of drug-likeness (QED) is 0.853. The Morgan fingerprint density at radius 3 is 2.95 bits per heavy atom. The maximum atomic E-state index is 12.9. The Bertz CT molecular complexity index is 487. The van der Waals surface area contributed by atoms with Crippen molar-refractivity contribution in [3.8, 4) is 0 Å². The van der Waals surface area contributed by atoms with Crippen LogP contribution in [0.1, 0.15) is 59.1 Å². The molecule has 1 amide bonds. The highest BCUT2D eigenvalue weighted by Crippen LogP contribution is 2.31. The summed E-state index contributed by atoms with van der Waals surface area (Å²) in [5.74, 6) is 0.737. The lowest BCUT2D eigenvalue weighted by molar-refractivity contribution is 0.0537. The molecule has 1 aliphatic carbocycles. The van der Waals surface area contributed by atoms with Gasteiger partial charge in [-0.25, -0.2) is 0 Å². The molecule has 4 heteroatoms. The van der Waals surface area contributed by atoms with Crippen molar-refractivity contribution in [1.29, 1.82) is 0 Å². The average molecular weight is 306 g/mol. The van der Waals surface area contributed by atoms with Crippen molar-refractivity contribution in [3.05, 3.63) is 21.4 Å². The number of thiophene rings is 1. The molecule has 1 fully saturated rings. The van der Waals surface area contributed by atoms with E-state index in [1.807, 2.05) is 4.90 Å². The molecule has 0 saturated carbocycles. The van der Waals surface area contributed by atoms with E-state index in [-0.39, 0.29) is 11.9 Å². The van der Waals surface area contributed by atoms with E-state index in [1.165, 1.54) is 36.1 Å². The Hall–Kier alpha value is -0.870. The van der Waals surface area contributed by atoms with Crippen molar-refractivity contribution < 1.29 is 4.79 Å². The zero-order valence-corrected chi connectivity index (χ0v) is 13.8. The first-order chi connectivity index (χ1) is 10.2. The van der Waals surface area contributed by atoms with Crippen LogP contribution in [0.3, 0.4) is 0 Å². The van der Waals surface area contributed by atoms with E-state index in [2.05, 4.69) is 13.0 Å². The van der Waals surface area contributed by atoms with Gasteiger partial charge in [0.15, 0.2) is 0 Å². The zero-order chi connectivity index (χ0) is 14.8. The van der Waals surface area contributed by atoms with E-state index >= 15 is 0 Å². The Morgan fingerprint density at radius 2 is 2.14 bits per heavy atom. The third kappa shape index (κ3) is 3.02. The minimum absolute atomic E-state index is 0.216. The largest absolute Gasteiger partial charge is 0.333 e. The van der Waals surface area contributed by atoms with Crippen molar-refractivity contribution in [2.75, 3.05) is 13.1 Å². The van der Waals surface area contributed by atoms with Crippen molar-refractivity contribution in [1.82, 2.24) is 4.90 Å². The van der Waals surface area contributed by atoms with E-state index < -0.39 is 0 Å². The summed E-state index contributed by atoms with van der Waals surface area (Å²) in [4.78, 5) is 17.3. The van der Waals surface area contributed by atoms with Crippen LogP contribution in [0.5, 0.6) is 0 Å². The van der Waals surface area contributed by atoms with Crippen molar-refractivity contribution in [3.63, 3.8) is 0 Å². The molecule has 21 heavy (non-hydrogen) atoms. The van der Waals surface area contributed by atoms with Gasteiger partial charge < -0.3 is 10.6 Å². The second-order valence-corrected chi connectivity index (χ2v) is 7.68. The molecule has 1 aliphatic heterocycles. The van der Waals surface area contributed by atoms with Gasteiger partial charge in [0.25, 0.3) is 5.91 Å². The van der Waals surface area contributed by atoms with Gasteiger partial charge in [-0.05, 0) is 56.1 Å². The molecule has 2 atom stereocenters. The van der Waals surface area contributed by atoms with E-state index in [0.29, 0.717) is 12.5 Å².